The van der Waals surface area contributed by atoms with Crippen LogP contribution in [0.2, 0.25) is 0 Å². The van der Waals surface area contributed by atoms with E-state index in [0.29, 0.717) is 0 Å². The molecule has 0 unspecified atom stereocenters. The van der Waals surface area contributed by atoms with E-state index >= 15 is 0 Å². The van der Waals surface area contributed by atoms with E-state index in [2.05, 4.69) is 0 Å². The average molecular weight is 586 g/mol. The predicted octanol–water partition coefficient (Wildman–Crippen LogP) is 11.2. The van der Waals surface area contributed by atoms with Gasteiger partial charge in [-0.25, -0.2) is 0 Å². The van der Waals surface area contributed by atoms with Crippen LogP contribution < -0.4 is 0 Å². The predicted molar refractivity (Wildman–Crippen MR) is 186 cm³/mol. The lowest BCUT2D eigenvalue weighted by Crippen LogP contribution is -2.01. The zero-order valence-corrected chi connectivity index (χ0v) is 22.1. The maximum Gasteiger partial charge on any atom is 0.0652 e. The van der Waals surface area contributed by atoms with Crippen LogP contribution in [0.1, 0.15) is 34.3 Å². The molecule has 7 aromatic carbocycles. The summed E-state index contributed by atoms with van der Waals surface area (Å²) in [5.41, 5.74) is -5.29. The molecular weight excluding hydrogens is 532 g/mol. The Kier molecular flexibility index (Phi) is 2.33. The maximum atomic E-state index is 9.99. The van der Waals surface area contributed by atoms with Crippen molar-refractivity contribution in [1.82, 2.24) is 9.13 Å². The molecular formula is C42H28N2. The molecule has 0 saturated heterocycles. The summed E-state index contributed by atoms with van der Waals surface area (Å²) in [5.74, 6) is 0. The van der Waals surface area contributed by atoms with Crippen molar-refractivity contribution in [3.8, 4) is 33.6 Å². The van der Waals surface area contributed by atoms with E-state index in [9.17, 15) is 6.85 Å². The number of aromatic nitrogens is 2. The van der Waals surface area contributed by atoms with Crippen LogP contribution in [0.5, 0.6) is 0 Å². The van der Waals surface area contributed by atoms with Gasteiger partial charge in [0.2, 0.25) is 0 Å². The van der Waals surface area contributed by atoms with Crippen LogP contribution in [0.25, 0.3) is 77.2 Å². The van der Waals surface area contributed by atoms with Crippen molar-refractivity contribution in [3.63, 3.8) is 0 Å². The van der Waals surface area contributed by atoms with Gasteiger partial charge >= 0.3 is 0 Å². The Morgan fingerprint density at radius 2 is 0.818 bits per heavy atom. The van der Waals surface area contributed by atoms with Gasteiger partial charge in [0.15, 0.2) is 0 Å². The minimum atomic E-state index is -0.977. The molecule has 0 fully saturated rings. The fourth-order valence-corrected chi connectivity index (χ4v) is 5.44. The Bertz CT molecular complexity index is 3680. The molecule has 2 nitrogen and oxygen atoms in total. The number of fused-ring (bicyclic) bond motifs is 6. The lowest BCUT2D eigenvalue weighted by molar-refractivity contribution is 1.17. The third kappa shape index (κ3) is 3.68. The largest absolute Gasteiger partial charge is 0.309 e. The van der Waals surface area contributed by atoms with Crippen molar-refractivity contribution in [1.29, 1.82) is 0 Å². The Morgan fingerprint density at radius 3 is 1.36 bits per heavy atom. The smallest absolute Gasteiger partial charge is 0.0652 e. The van der Waals surface area contributed by atoms with Crippen LogP contribution in [0.4, 0.5) is 0 Å². The molecule has 0 aliphatic heterocycles. The van der Waals surface area contributed by atoms with Gasteiger partial charge in [-0.1, -0.05) is 133 Å². The van der Waals surface area contributed by atoms with Gasteiger partial charge in [0.25, 0.3) is 0 Å². The molecule has 206 valence electrons. The fourth-order valence-electron chi connectivity index (χ4n) is 5.44. The average Bonchev–Trinajstić information content (AvgIpc) is 3.87. The van der Waals surface area contributed by atoms with Crippen LogP contribution in [0.15, 0.2) is 169 Å². The van der Waals surface area contributed by atoms with Gasteiger partial charge in [-0.15, -0.1) is 0 Å². The molecule has 0 spiro atoms. The van der Waals surface area contributed by atoms with Crippen molar-refractivity contribution in [2.75, 3.05) is 0 Å². The standard InChI is InChI=1S/C42H28N2/c1-3-14-29(15-4-1)32-21-13-22-33(30-16-5-2-6-17-30)42(32)44-40-25-12-9-20-36(40)37-28-31(26-27-41(37)44)43-38-23-10-7-18-34(38)35-19-8-11-24-39(35)43/h1-28H/i1D,2D,3D,4D,5D,6D,7D,8D,9D,10D,11D,12D,14D,15D,16D,17D,18D,19D,20D,23D,24D,25D,26D,27D,28D. The van der Waals surface area contributed by atoms with Crippen LogP contribution >= 0.6 is 0 Å². The molecule has 0 saturated carbocycles. The van der Waals surface area contributed by atoms with E-state index in [1.807, 2.05) is 0 Å². The minimum absolute atomic E-state index is 0.363. The second kappa shape index (κ2) is 9.86. The van der Waals surface area contributed by atoms with Crippen LogP contribution in [-0.2, 0) is 0 Å². The van der Waals surface area contributed by atoms with Crippen LogP contribution in [0.3, 0.4) is 0 Å². The number of nitrogens with zero attached hydrogens (tertiary/aromatic N) is 2. The summed E-state index contributed by atoms with van der Waals surface area (Å²) < 4.78 is 224. The number of benzene rings is 7. The van der Waals surface area contributed by atoms with Gasteiger partial charge < -0.3 is 9.13 Å². The molecule has 2 aromatic heterocycles. The first-order valence-electron chi connectivity index (χ1n) is 25.6. The molecule has 2 heterocycles. The summed E-state index contributed by atoms with van der Waals surface area (Å²) in [5, 5.41) is -1.97. The highest BCUT2D eigenvalue weighted by Crippen LogP contribution is 2.42. The summed E-state index contributed by atoms with van der Waals surface area (Å²) in [6, 6.07) is -17.1. The van der Waals surface area contributed by atoms with E-state index in [1.54, 1.807) is 0 Å². The second-order valence-corrected chi connectivity index (χ2v) is 9.49. The van der Waals surface area contributed by atoms with Gasteiger partial charge in [0, 0.05) is 38.4 Å². The number of para-hydroxylation sites is 4. The summed E-state index contributed by atoms with van der Waals surface area (Å²) in [6.07, 6.45) is 0. The lowest BCUT2D eigenvalue weighted by Gasteiger charge is -2.19. The highest BCUT2D eigenvalue weighted by molar-refractivity contribution is 6.13. The van der Waals surface area contributed by atoms with E-state index < -0.39 is 217 Å². The highest BCUT2D eigenvalue weighted by atomic mass is 15.0. The lowest BCUT2D eigenvalue weighted by atomic mass is 9.95. The Morgan fingerprint density at radius 1 is 0.386 bits per heavy atom. The quantitative estimate of drug-likeness (QED) is 0.194. The number of hydrogen-bond donors (Lipinski definition) is 0. The molecule has 9 aromatic rings. The first kappa shape index (κ1) is 10.4. The molecule has 0 bridgehead atoms. The van der Waals surface area contributed by atoms with Crippen molar-refractivity contribution in [3.05, 3.63) is 169 Å². The van der Waals surface area contributed by atoms with Crippen LogP contribution in [-0.4, -0.2) is 9.13 Å². The van der Waals surface area contributed by atoms with Gasteiger partial charge in [0.05, 0.1) is 62.0 Å². The number of rotatable bonds is 4. The summed E-state index contributed by atoms with van der Waals surface area (Å²) in [7, 11) is 0. The zero-order chi connectivity index (χ0) is 50.8. The van der Waals surface area contributed by atoms with Gasteiger partial charge in [-0.3, -0.25) is 0 Å². The van der Waals surface area contributed by atoms with E-state index in [-0.39, 0.29) is 11.1 Å². The monoisotopic (exact) mass is 585 g/mol. The molecule has 0 aliphatic carbocycles. The molecule has 2 heteroatoms. The van der Waals surface area contributed by atoms with E-state index in [0.717, 1.165) is 9.13 Å². The second-order valence-electron chi connectivity index (χ2n) is 9.49. The normalized spacial score (nSPS) is 19.6. The summed E-state index contributed by atoms with van der Waals surface area (Å²) in [4.78, 5) is 0. The van der Waals surface area contributed by atoms with Crippen molar-refractivity contribution < 1.29 is 34.3 Å². The Hall–Kier alpha value is -5.86. The fraction of sp³-hybridized carbons (Fsp3) is 0. The Labute approximate surface area is 290 Å². The van der Waals surface area contributed by atoms with Gasteiger partial charge in [-0.05, 0) is 47.4 Å². The topological polar surface area (TPSA) is 9.86 Å². The van der Waals surface area contributed by atoms with Gasteiger partial charge in [-0.2, -0.15) is 0 Å². The van der Waals surface area contributed by atoms with E-state index in [4.69, 9.17) is 27.4 Å². The molecule has 0 amide bonds. The number of hydrogen-bond acceptors (Lipinski definition) is 0. The molecule has 0 radical (unpaired) electrons. The van der Waals surface area contributed by atoms with Crippen molar-refractivity contribution in [2.45, 2.75) is 0 Å². The highest BCUT2D eigenvalue weighted by Gasteiger charge is 2.20. The molecule has 44 heavy (non-hydrogen) atoms. The van der Waals surface area contributed by atoms with Crippen LogP contribution in [0, 0.1) is 0 Å². The van der Waals surface area contributed by atoms with Gasteiger partial charge in [0.1, 0.15) is 0 Å². The molecule has 0 N–H and O–H groups in total. The minimum Gasteiger partial charge on any atom is -0.309 e. The summed E-state index contributed by atoms with van der Waals surface area (Å²) in [6.45, 7) is 0. The first-order chi connectivity index (χ1) is 32.3. The maximum absolute atomic E-state index is 9.99. The SMILES string of the molecule is [2H]c1c([2H])c([2H])c(-c2cccc(-c3c([2H])c([2H])c([2H])c([2H])c3[2H])c2-n2c3c([2H])c([2H])c([2H])c([2H])c3c3c([2H])c(-n4c5c([2H])c([2H])c([2H])c([2H])c5c5c([2H])c([2H])c([2H])c([2H])c54)c([2H])c([2H])c32)c([2H])c1[2H]. The molecule has 0 atom stereocenters. The first-order valence-corrected chi connectivity index (χ1v) is 13.1. The van der Waals surface area contributed by atoms with Crippen molar-refractivity contribution in [2.24, 2.45) is 0 Å². The molecule has 0 aliphatic rings. The molecule has 9 rings (SSSR count). The third-order valence-corrected chi connectivity index (χ3v) is 7.20. The Balaban J connectivity index is 1.62. The zero-order valence-electron chi connectivity index (χ0n) is 47.1. The third-order valence-electron chi connectivity index (χ3n) is 7.20. The summed E-state index contributed by atoms with van der Waals surface area (Å²) >= 11 is 0. The van der Waals surface area contributed by atoms with Crippen molar-refractivity contribution >= 4 is 43.6 Å². The van der Waals surface area contributed by atoms with E-state index in [1.165, 1.54) is 18.2 Å².